The minimum atomic E-state index is -0.482. The Morgan fingerprint density at radius 1 is 1.10 bits per heavy atom. The van der Waals surface area contributed by atoms with E-state index in [4.69, 9.17) is 4.74 Å². The van der Waals surface area contributed by atoms with Crippen molar-refractivity contribution in [3.63, 3.8) is 0 Å². The molecule has 0 bridgehead atoms. The van der Waals surface area contributed by atoms with E-state index in [0.29, 0.717) is 19.0 Å². The second-order valence-corrected chi connectivity index (χ2v) is 9.92. The second-order valence-electron chi connectivity index (χ2n) is 9.92. The summed E-state index contributed by atoms with van der Waals surface area (Å²) in [6.45, 7) is 19.5. The van der Waals surface area contributed by atoms with Gasteiger partial charge in [0.05, 0.1) is 0 Å². The number of piperidine rings is 1. The number of nitrogens with zero attached hydrogens (tertiary/aromatic N) is 3. The summed E-state index contributed by atoms with van der Waals surface area (Å²) in [5, 5.41) is 6.23. The number of hydrogen-bond donors (Lipinski definition) is 2. The van der Waals surface area contributed by atoms with Gasteiger partial charge < -0.3 is 25.2 Å². The fourth-order valence-corrected chi connectivity index (χ4v) is 3.33. The Bertz CT molecular complexity index is 591. The molecule has 0 atom stereocenters. The Balaban J connectivity index is 0.00000900. The Morgan fingerprint density at radius 2 is 1.68 bits per heavy atom. The van der Waals surface area contributed by atoms with E-state index in [-0.39, 0.29) is 48.1 Å². The van der Waals surface area contributed by atoms with Gasteiger partial charge in [0.2, 0.25) is 5.91 Å². The van der Waals surface area contributed by atoms with Crippen LogP contribution in [0, 0.1) is 5.92 Å². The quantitative estimate of drug-likeness (QED) is 0.299. The van der Waals surface area contributed by atoms with E-state index in [1.54, 1.807) is 4.90 Å². The number of likely N-dealkylation sites (tertiary alicyclic amines) is 1. The molecular weight excluding hydrogens is 509 g/mol. The zero-order chi connectivity index (χ0) is 22.9. The average molecular weight is 554 g/mol. The van der Waals surface area contributed by atoms with Crippen LogP contribution in [0.15, 0.2) is 4.99 Å². The molecule has 8 nitrogen and oxygen atoms in total. The zero-order valence-electron chi connectivity index (χ0n) is 20.7. The van der Waals surface area contributed by atoms with Gasteiger partial charge in [-0.25, -0.2) is 9.79 Å². The highest BCUT2D eigenvalue weighted by atomic mass is 127. The first kappa shape index (κ1) is 29.7. The predicted octanol–water partition coefficient (Wildman–Crippen LogP) is 3.45. The van der Waals surface area contributed by atoms with Crippen molar-refractivity contribution in [3.8, 4) is 0 Å². The molecule has 0 spiro atoms. The first-order chi connectivity index (χ1) is 13.8. The van der Waals surface area contributed by atoms with Gasteiger partial charge in [-0.05, 0) is 74.1 Å². The lowest BCUT2D eigenvalue weighted by atomic mass is 9.96. The van der Waals surface area contributed by atoms with E-state index in [1.807, 2.05) is 55.4 Å². The summed E-state index contributed by atoms with van der Waals surface area (Å²) in [7, 11) is 0. The number of halogens is 1. The van der Waals surface area contributed by atoms with Crippen LogP contribution < -0.4 is 10.6 Å². The van der Waals surface area contributed by atoms with Crippen molar-refractivity contribution >= 4 is 41.9 Å². The Kier molecular flexibility index (Phi) is 12.8. The summed E-state index contributed by atoms with van der Waals surface area (Å²) in [5.41, 5.74) is -0.743. The molecule has 1 heterocycles. The predicted molar refractivity (Wildman–Crippen MR) is 137 cm³/mol. The van der Waals surface area contributed by atoms with Gasteiger partial charge in [0.1, 0.15) is 12.1 Å². The summed E-state index contributed by atoms with van der Waals surface area (Å²) < 4.78 is 5.52. The summed E-state index contributed by atoms with van der Waals surface area (Å²) in [5.74, 6) is 1.13. The number of amides is 2. The third-order valence-electron chi connectivity index (χ3n) is 4.65. The molecule has 1 rings (SSSR count). The van der Waals surface area contributed by atoms with Crippen molar-refractivity contribution in [2.24, 2.45) is 10.9 Å². The number of rotatable bonds is 6. The number of hydrogen-bond acceptors (Lipinski definition) is 4. The van der Waals surface area contributed by atoms with Crippen LogP contribution in [-0.4, -0.2) is 78.2 Å². The van der Waals surface area contributed by atoms with Crippen molar-refractivity contribution in [3.05, 3.63) is 0 Å². The molecule has 0 aliphatic carbocycles. The van der Waals surface area contributed by atoms with Crippen LogP contribution in [0.25, 0.3) is 0 Å². The molecule has 0 aromatic heterocycles. The van der Waals surface area contributed by atoms with Crippen LogP contribution in [0.1, 0.15) is 68.2 Å². The zero-order valence-corrected chi connectivity index (χ0v) is 23.0. The SMILES string of the molecule is CCNC(=NCC(=O)NC(C)(C)C)N1CCC(CN(CC)C(=O)OC(C)(C)C)CC1.I. The van der Waals surface area contributed by atoms with E-state index in [0.717, 1.165) is 38.4 Å². The molecule has 0 aromatic rings. The number of nitrogens with one attached hydrogen (secondary N) is 2. The van der Waals surface area contributed by atoms with Crippen LogP contribution in [0.2, 0.25) is 0 Å². The van der Waals surface area contributed by atoms with Gasteiger partial charge >= 0.3 is 6.09 Å². The Morgan fingerprint density at radius 3 is 2.13 bits per heavy atom. The van der Waals surface area contributed by atoms with Crippen LogP contribution in [0.5, 0.6) is 0 Å². The first-order valence-corrected chi connectivity index (χ1v) is 11.2. The number of carbonyl (C=O) groups excluding carboxylic acids is 2. The molecule has 0 unspecified atom stereocenters. The van der Waals surface area contributed by atoms with E-state index < -0.39 is 5.60 Å². The van der Waals surface area contributed by atoms with Crippen LogP contribution in [0.4, 0.5) is 4.79 Å². The van der Waals surface area contributed by atoms with Gasteiger partial charge in [-0.3, -0.25) is 4.79 Å². The lowest BCUT2D eigenvalue weighted by molar-refractivity contribution is -0.121. The van der Waals surface area contributed by atoms with Gasteiger partial charge in [-0.15, -0.1) is 24.0 Å². The minimum absolute atomic E-state index is 0. The Hall–Kier alpha value is -1.26. The molecule has 2 amide bonds. The largest absolute Gasteiger partial charge is 0.444 e. The number of aliphatic imine (C=N–C) groups is 1. The molecular formula is C22H44IN5O3. The standard InChI is InChI=1S/C22H43N5O3.HI/c1-9-23-19(24-15-18(28)25-21(3,4)5)27-13-11-17(12-14-27)16-26(10-2)20(29)30-22(6,7)8;/h17H,9-16H2,1-8H3,(H,23,24)(H,25,28);1H. The van der Waals surface area contributed by atoms with Gasteiger partial charge in [0, 0.05) is 38.3 Å². The second kappa shape index (κ2) is 13.3. The highest BCUT2D eigenvalue weighted by molar-refractivity contribution is 14.0. The molecule has 1 aliphatic heterocycles. The summed E-state index contributed by atoms with van der Waals surface area (Å²) in [4.78, 5) is 33.0. The molecule has 9 heteroatoms. The van der Waals surface area contributed by atoms with Crippen LogP contribution in [-0.2, 0) is 9.53 Å². The monoisotopic (exact) mass is 553 g/mol. The van der Waals surface area contributed by atoms with Gasteiger partial charge in [-0.2, -0.15) is 0 Å². The van der Waals surface area contributed by atoms with E-state index in [9.17, 15) is 9.59 Å². The number of ether oxygens (including phenoxy) is 1. The smallest absolute Gasteiger partial charge is 0.410 e. The van der Waals surface area contributed by atoms with Crippen molar-refractivity contribution in [2.45, 2.75) is 79.4 Å². The van der Waals surface area contributed by atoms with E-state index in [2.05, 4.69) is 20.5 Å². The summed E-state index contributed by atoms with van der Waals surface area (Å²) >= 11 is 0. The maximum Gasteiger partial charge on any atom is 0.410 e. The molecule has 1 saturated heterocycles. The molecule has 182 valence electrons. The van der Waals surface area contributed by atoms with E-state index in [1.165, 1.54) is 0 Å². The van der Waals surface area contributed by atoms with E-state index >= 15 is 0 Å². The maximum atomic E-state index is 12.4. The average Bonchev–Trinajstić information content (AvgIpc) is 2.60. The molecule has 1 fully saturated rings. The highest BCUT2D eigenvalue weighted by Crippen LogP contribution is 2.20. The van der Waals surface area contributed by atoms with Gasteiger partial charge in [-0.1, -0.05) is 0 Å². The van der Waals surface area contributed by atoms with Gasteiger partial charge in [0.15, 0.2) is 5.96 Å². The summed E-state index contributed by atoms with van der Waals surface area (Å²) in [6.07, 6.45) is 1.70. The molecule has 0 saturated carbocycles. The molecule has 1 aliphatic rings. The highest BCUT2D eigenvalue weighted by Gasteiger charge is 2.27. The molecule has 2 N–H and O–H groups in total. The third kappa shape index (κ3) is 12.4. The topological polar surface area (TPSA) is 86.3 Å². The van der Waals surface area contributed by atoms with Crippen molar-refractivity contribution in [2.75, 3.05) is 39.3 Å². The number of carbonyl (C=O) groups is 2. The summed E-state index contributed by atoms with van der Waals surface area (Å²) in [6, 6.07) is 0. The van der Waals surface area contributed by atoms with Crippen LogP contribution in [0.3, 0.4) is 0 Å². The molecule has 0 aromatic carbocycles. The normalized spacial score (nSPS) is 15.7. The first-order valence-electron chi connectivity index (χ1n) is 11.2. The fourth-order valence-electron chi connectivity index (χ4n) is 3.33. The Labute approximate surface area is 205 Å². The third-order valence-corrected chi connectivity index (χ3v) is 4.65. The lowest BCUT2D eigenvalue weighted by Crippen LogP contribution is -2.48. The maximum absolute atomic E-state index is 12.4. The molecule has 31 heavy (non-hydrogen) atoms. The van der Waals surface area contributed by atoms with Crippen molar-refractivity contribution < 1.29 is 14.3 Å². The lowest BCUT2D eigenvalue weighted by Gasteiger charge is -2.36. The minimum Gasteiger partial charge on any atom is -0.444 e. The number of guanidine groups is 1. The van der Waals surface area contributed by atoms with Gasteiger partial charge in [0.25, 0.3) is 0 Å². The van der Waals surface area contributed by atoms with Crippen LogP contribution >= 0.6 is 24.0 Å². The fraction of sp³-hybridized carbons (Fsp3) is 0.864. The molecule has 0 radical (unpaired) electrons. The van der Waals surface area contributed by atoms with Crippen molar-refractivity contribution in [1.82, 2.24) is 20.4 Å². The van der Waals surface area contributed by atoms with Crippen molar-refractivity contribution in [1.29, 1.82) is 0 Å².